The monoisotopic (exact) mass is 340 g/mol. The molecule has 4 nitrogen and oxygen atoms in total. The zero-order chi connectivity index (χ0) is 17.8. The van der Waals surface area contributed by atoms with Gasteiger partial charge in [-0.1, -0.05) is 18.2 Å². The van der Waals surface area contributed by atoms with Gasteiger partial charge in [0.25, 0.3) is 5.91 Å². The third-order valence-electron chi connectivity index (χ3n) is 4.60. The lowest BCUT2D eigenvalue weighted by Crippen LogP contribution is -2.37. The Morgan fingerprint density at radius 1 is 1.28 bits per heavy atom. The second-order valence-corrected chi connectivity index (χ2v) is 6.19. The van der Waals surface area contributed by atoms with Crippen LogP contribution in [-0.4, -0.2) is 40.6 Å². The van der Waals surface area contributed by atoms with Gasteiger partial charge >= 0.3 is 0 Å². The molecule has 1 saturated heterocycles. The molecule has 1 aliphatic rings. The van der Waals surface area contributed by atoms with Gasteiger partial charge in [0.2, 0.25) is 0 Å². The average Bonchev–Trinajstić information content (AvgIpc) is 2.68. The van der Waals surface area contributed by atoms with Crippen molar-refractivity contribution in [3.63, 3.8) is 0 Å². The largest absolute Gasteiger partial charge is 0.389 e. The minimum Gasteiger partial charge on any atom is -0.389 e. The zero-order valence-electron chi connectivity index (χ0n) is 14.2. The molecule has 1 fully saturated rings. The van der Waals surface area contributed by atoms with Gasteiger partial charge in [-0.2, -0.15) is 0 Å². The summed E-state index contributed by atoms with van der Waals surface area (Å²) in [6.45, 7) is 2.13. The van der Waals surface area contributed by atoms with Crippen molar-refractivity contribution in [2.24, 2.45) is 0 Å². The van der Waals surface area contributed by atoms with E-state index in [9.17, 15) is 9.18 Å². The first-order chi connectivity index (χ1) is 12.1. The standard InChI is InChI=1S/C20H21FN2O2/c1-14-16(19-9-2-3-10-22-19)7-4-8-17(14)20(25)23-11-5-6-15(12-23)18(21)13-24/h2-4,7-10,24H,5-6,11-13H2,1H3/b18-15+. The van der Waals surface area contributed by atoms with Crippen LogP contribution < -0.4 is 0 Å². The normalized spacial score (nSPS) is 16.7. The van der Waals surface area contributed by atoms with Gasteiger partial charge in [0.15, 0.2) is 0 Å². The van der Waals surface area contributed by atoms with E-state index < -0.39 is 12.4 Å². The number of benzene rings is 1. The van der Waals surface area contributed by atoms with E-state index >= 15 is 0 Å². The number of halogens is 1. The minimum absolute atomic E-state index is 0.113. The Kier molecular flexibility index (Phi) is 5.24. The molecule has 130 valence electrons. The number of aliphatic hydroxyl groups is 1. The summed E-state index contributed by atoms with van der Waals surface area (Å²) in [7, 11) is 0. The summed E-state index contributed by atoms with van der Waals surface area (Å²) >= 11 is 0. The van der Waals surface area contributed by atoms with Crippen molar-refractivity contribution in [2.45, 2.75) is 19.8 Å². The van der Waals surface area contributed by atoms with Crippen molar-refractivity contribution in [1.29, 1.82) is 0 Å². The van der Waals surface area contributed by atoms with Gasteiger partial charge in [-0.15, -0.1) is 0 Å². The highest BCUT2D eigenvalue weighted by Gasteiger charge is 2.24. The third kappa shape index (κ3) is 3.61. The third-order valence-corrected chi connectivity index (χ3v) is 4.60. The highest BCUT2D eigenvalue weighted by Crippen LogP contribution is 2.27. The quantitative estimate of drug-likeness (QED) is 0.930. The molecule has 1 aliphatic heterocycles. The maximum Gasteiger partial charge on any atom is 0.254 e. The molecule has 2 aromatic rings. The topological polar surface area (TPSA) is 53.4 Å². The van der Waals surface area contributed by atoms with Crippen molar-refractivity contribution in [3.8, 4) is 11.3 Å². The van der Waals surface area contributed by atoms with Crippen LogP contribution in [0.15, 0.2) is 54.0 Å². The Morgan fingerprint density at radius 2 is 2.12 bits per heavy atom. The van der Waals surface area contributed by atoms with Crippen LogP contribution in [0.1, 0.15) is 28.8 Å². The van der Waals surface area contributed by atoms with Gasteiger partial charge < -0.3 is 10.0 Å². The maximum absolute atomic E-state index is 13.7. The zero-order valence-corrected chi connectivity index (χ0v) is 14.2. The summed E-state index contributed by atoms with van der Waals surface area (Å²) < 4.78 is 13.7. The molecule has 5 heteroatoms. The fourth-order valence-electron chi connectivity index (χ4n) is 3.22. The molecule has 0 atom stereocenters. The smallest absolute Gasteiger partial charge is 0.254 e. The number of carbonyl (C=O) groups is 1. The highest BCUT2D eigenvalue weighted by molar-refractivity contribution is 5.97. The van der Waals surface area contributed by atoms with Crippen LogP contribution >= 0.6 is 0 Å². The van der Waals surface area contributed by atoms with E-state index in [2.05, 4.69) is 4.98 Å². The van der Waals surface area contributed by atoms with Crippen molar-refractivity contribution in [2.75, 3.05) is 19.7 Å². The van der Waals surface area contributed by atoms with Crippen LogP contribution in [0.25, 0.3) is 11.3 Å². The number of piperidine rings is 1. The maximum atomic E-state index is 13.7. The molecule has 1 aromatic heterocycles. The van der Waals surface area contributed by atoms with E-state index in [0.717, 1.165) is 16.8 Å². The van der Waals surface area contributed by atoms with Crippen LogP contribution in [0.4, 0.5) is 4.39 Å². The molecule has 0 bridgehead atoms. The molecule has 1 N–H and O–H groups in total. The van der Waals surface area contributed by atoms with E-state index in [1.165, 1.54) is 0 Å². The minimum atomic E-state index is -0.606. The van der Waals surface area contributed by atoms with E-state index in [0.29, 0.717) is 30.5 Å². The number of likely N-dealkylation sites (tertiary alicyclic amines) is 1. The molecule has 2 heterocycles. The first-order valence-corrected chi connectivity index (χ1v) is 8.39. The number of nitrogens with zero attached hydrogens (tertiary/aromatic N) is 2. The number of pyridine rings is 1. The molecule has 25 heavy (non-hydrogen) atoms. The van der Waals surface area contributed by atoms with Crippen LogP contribution in [-0.2, 0) is 0 Å². The van der Waals surface area contributed by atoms with Gasteiger partial charge in [-0.05, 0) is 49.1 Å². The Morgan fingerprint density at radius 3 is 2.84 bits per heavy atom. The molecular weight excluding hydrogens is 319 g/mol. The number of rotatable bonds is 3. The molecule has 0 aliphatic carbocycles. The summed E-state index contributed by atoms with van der Waals surface area (Å²) in [6, 6.07) is 11.3. The summed E-state index contributed by atoms with van der Waals surface area (Å²) in [6.07, 6.45) is 3.01. The number of hydrogen-bond donors (Lipinski definition) is 1. The van der Waals surface area contributed by atoms with Crippen molar-refractivity contribution < 1.29 is 14.3 Å². The van der Waals surface area contributed by atoms with E-state index in [4.69, 9.17) is 5.11 Å². The molecule has 0 saturated carbocycles. The summed E-state index contributed by atoms with van der Waals surface area (Å²) in [5.74, 6) is -0.630. The van der Waals surface area contributed by atoms with Crippen LogP contribution in [0.3, 0.4) is 0 Å². The lowest BCUT2D eigenvalue weighted by atomic mass is 9.97. The number of carbonyl (C=O) groups excluding carboxylic acids is 1. The molecule has 3 rings (SSSR count). The average molecular weight is 340 g/mol. The van der Waals surface area contributed by atoms with Crippen molar-refractivity contribution >= 4 is 5.91 Å². The van der Waals surface area contributed by atoms with Crippen LogP contribution in [0, 0.1) is 6.92 Å². The summed E-state index contributed by atoms with van der Waals surface area (Å²) in [5.41, 5.74) is 3.72. The molecule has 0 unspecified atom stereocenters. The van der Waals surface area contributed by atoms with E-state index in [1.54, 1.807) is 17.2 Å². The predicted molar refractivity (Wildman–Crippen MR) is 94.8 cm³/mol. The number of amides is 1. The lowest BCUT2D eigenvalue weighted by molar-refractivity contribution is 0.0749. The Hall–Kier alpha value is -2.53. The highest BCUT2D eigenvalue weighted by atomic mass is 19.1. The lowest BCUT2D eigenvalue weighted by Gasteiger charge is -2.29. The fraction of sp³-hybridized carbons (Fsp3) is 0.300. The molecular formula is C20H21FN2O2. The molecule has 0 spiro atoms. The first-order valence-electron chi connectivity index (χ1n) is 8.39. The van der Waals surface area contributed by atoms with Gasteiger partial charge in [0.05, 0.1) is 12.3 Å². The fourth-order valence-corrected chi connectivity index (χ4v) is 3.22. The van der Waals surface area contributed by atoms with E-state index in [-0.39, 0.29) is 12.5 Å². The van der Waals surface area contributed by atoms with Crippen molar-refractivity contribution in [1.82, 2.24) is 9.88 Å². The van der Waals surface area contributed by atoms with Gasteiger partial charge in [-0.25, -0.2) is 4.39 Å². The van der Waals surface area contributed by atoms with Crippen LogP contribution in [0.5, 0.6) is 0 Å². The Labute approximate surface area is 146 Å². The summed E-state index contributed by atoms with van der Waals surface area (Å²) in [5, 5.41) is 8.99. The molecule has 1 aromatic carbocycles. The van der Waals surface area contributed by atoms with Gasteiger partial charge in [0.1, 0.15) is 5.83 Å². The number of hydrogen-bond acceptors (Lipinski definition) is 3. The Balaban J connectivity index is 1.91. The first kappa shape index (κ1) is 17.3. The van der Waals surface area contributed by atoms with Crippen LogP contribution in [0.2, 0.25) is 0 Å². The molecule has 1 amide bonds. The van der Waals surface area contributed by atoms with Gasteiger partial charge in [-0.3, -0.25) is 9.78 Å². The van der Waals surface area contributed by atoms with Gasteiger partial charge in [0, 0.05) is 30.4 Å². The summed E-state index contributed by atoms with van der Waals surface area (Å²) in [4.78, 5) is 19.0. The molecule has 0 radical (unpaired) electrons. The number of aliphatic hydroxyl groups excluding tert-OH is 1. The Bertz CT molecular complexity index is 803. The second kappa shape index (κ2) is 7.57. The number of aromatic nitrogens is 1. The SMILES string of the molecule is Cc1c(C(=O)N2CCC/C(=C(\F)CO)C2)cccc1-c1ccccn1. The van der Waals surface area contributed by atoms with E-state index in [1.807, 2.05) is 37.3 Å². The second-order valence-electron chi connectivity index (χ2n) is 6.19. The predicted octanol–water partition coefficient (Wildman–Crippen LogP) is 3.51. The van der Waals surface area contributed by atoms with Crippen molar-refractivity contribution in [3.05, 3.63) is 65.1 Å².